The van der Waals surface area contributed by atoms with Crippen molar-refractivity contribution in [1.82, 2.24) is 9.97 Å². The number of nitrogens with zero attached hydrogens (tertiary/aromatic N) is 2. The summed E-state index contributed by atoms with van der Waals surface area (Å²) in [6.45, 7) is 0.984. The van der Waals surface area contributed by atoms with Crippen molar-refractivity contribution in [2.75, 3.05) is 18.5 Å². The van der Waals surface area contributed by atoms with Crippen molar-refractivity contribution in [2.45, 2.75) is 19.3 Å². The smallest absolute Gasteiger partial charge is 0.232 e. The van der Waals surface area contributed by atoms with Crippen molar-refractivity contribution in [3.05, 3.63) is 55.1 Å². The fourth-order valence-corrected chi connectivity index (χ4v) is 3.14. The van der Waals surface area contributed by atoms with Crippen LogP contribution in [-0.2, 0) is 0 Å². The van der Waals surface area contributed by atoms with E-state index in [1.165, 1.54) is 6.33 Å². The van der Waals surface area contributed by atoms with Crippen LogP contribution in [0.25, 0.3) is 33.7 Å². The summed E-state index contributed by atoms with van der Waals surface area (Å²) in [5, 5.41) is 13.1. The second-order valence-corrected chi connectivity index (χ2v) is 6.26. The Morgan fingerprint density at radius 3 is 2.63 bits per heavy atom. The molecule has 0 unspecified atom stereocenters. The van der Waals surface area contributed by atoms with Crippen LogP contribution in [-0.4, -0.2) is 28.2 Å². The highest BCUT2D eigenvalue weighted by atomic mass is 16.4. The minimum atomic E-state index is 0.225. The first-order chi connectivity index (χ1) is 13.4. The minimum absolute atomic E-state index is 0.225. The molecule has 0 fully saturated rings. The van der Waals surface area contributed by atoms with E-state index in [0.717, 1.165) is 48.1 Å². The van der Waals surface area contributed by atoms with Crippen LogP contribution in [0.2, 0.25) is 0 Å². The van der Waals surface area contributed by atoms with Gasteiger partial charge in [-0.25, -0.2) is 9.97 Å². The molecule has 0 aliphatic carbocycles. The van der Waals surface area contributed by atoms with Crippen LogP contribution in [0.5, 0.6) is 0 Å². The summed E-state index contributed by atoms with van der Waals surface area (Å²) >= 11 is 0. The summed E-state index contributed by atoms with van der Waals surface area (Å²) in [7, 11) is 0. The van der Waals surface area contributed by atoms with Crippen molar-refractivity contribution in [3.63, 3.8) is 0 Å². The molecule has 2 N–H and O–H groups in total. The number of aromatic nitrogens is 2. The second-order valence-electron chi connectivity index (χ2n) is 6.26. The number of benzene rings is 1. The molecule has 138 valence electrons. The van der Waals surface area contributed by atoms with Gasteiger partial charge in [-0.2, -0.15) is 0 Å². The zero-order valence-corrected chi connectivity index (χ0v) is 14.9. The van der Waals surface area contributed by atoms with Crippen molar-refractivity contribution >= 4 is 16.9 Å². The minimum Gasteiger partial charge on any atom is -0.464 e. The molecule has 0 atom stereocenters. The molecule has 0 amide bonds. The lowest BCUT2D eigenvalue weighted by Crippen LogP contribution is -2.04. The van der Waals surface area contributed by atoms with Crippen LogP contribution in [0.4, 0.5) is 5.82 Å². The van der Waals surface area contributed by atoms with Gasteiger partial charge in [0.25, 0.3) is 0 Å². The molecule has 6 heteroatoms. The number of furan rings is 2. The fourth-order valence-electron chi connectivity index (χ4n) is 3.14. The number of fused-ring (bicyclic) bond motifs is 1. The Morgan fingerprint density at radius 2 is 1.85 bits per heavy atom. The molecule has 0 bridgehead atoms. The Morgan fingerprint density at radius 1 is 0.963 bits per heavy atom. The van der Waals surface area contributed by atoms with E-state index >= 15 is 0 Å². The monoisotopic (exact) mass is 363 g/mol. The third-order valence-electron chi connectivity index (χ3n) is 4.42. The lowest BCUT2D eigenvalue weighted by atomic mass is 10.0. The van der Waals surface area contributed by atoms with Gasteiger partial charge >= 0.3 is 0 Å². The first kappa shape index (κ1) is 17.3. The first-order valence-electron chi connectivity index (χ1n) is 9.10. The first-order valence-corrected chi connectivity index (χ1v) is 9.10. The summed E-state index contributed by atoms with van der Waals surface area (Å²) in [4.78, 5) is 8.75. The van der Waals surface area contributed by atoms with Gasteiger partial charge in [-0.3, -0.25) is 0 Å². The molecule has 1 aromatic carbocycles. The molecule has 0 saturated carbocycles. The van der Waals surface area contributed by atoms with Gasteiger partial charge in [0.05, 0.1) is 17.2 Å². The maximum Gasteiger partial charge on any atom is 0.232 e. The largest absolute Gasteiger partial charge is 0.464 e. The van der Waals surface area contributed by atoms with Gasteiger partial charge in [-0.15, -0.1) is 0 Å². The normalized spacial score (nSPS) is 11.1. The molecule has 0 saturated heterocycles. The summed E-state index contributed by atoms with van der Waals surface area (Å²) in [5.74, 6) is 2.15. The third-order valence-corrected chi connectivity index (χ3v) is 4.42. The number of rotatable bonds is 8. The zero-order valence-electron chi connectivity index (χ0n) is 14.9. The second kappa shape index (κ2) is 8.05. The molecule has 4 aromatic rings. The number of unbranched alkanes of at least 4 members (excludes halogenated alkanes) is 2. The summed E-state index contributed by atoms with van der Waals surface area (Å²) < 4.78 is 11.8. The standard InChI is InChI=1S/C21H21N3O3/c25-12-6-2-5-11-22-20-18-17(16-10-7-13-26-16)19(15-8-3-1-4-9-15)27-21(18)24-14-23-20/h1,3-4,7-10,13-14,25H,2,5-6,11-12H2,(H,22,23,24). The Labute approximate surface area is 156 Å². The van der Waals surface area contributed by atoms with E-state index in [0.29, 0.717) is 17.2 Å². The van der Waals surface area contributed by atoms with Crippen molar-refractivity contribution in [1.29, 1.82) is 0 Å². The molecule has 3 aromatic heterocycles. The third kappa shape index (κ3) is 3.57. The molecular weight excluding hydrogens is 342 g/mol. The van der Waals surface area contributed by atoms with Gasteiger partial charge in [0, 0.05) is 18.7 Å². The Hall–Kier alpha value is -3.12. The number of aliphatic hydroxyl groups excluding tert-OH is 1. The van der Waals surface area contributed by atoms with Crippen molar-refractivity contribution in [3.8, 4) is 22.6 Å². The van der Waals surface area contributed by atoms with E-state index in [-0.39, 0.29) is 6.61 Å². The molecule has 3 heterocycles. The predicted octanol–water partition coefficient (Wildman–Crippen LogP) is 4.72. The van der Waals surface area contributed by atoms with Crippen LogP contribution < -0.4 is 5.32 Å². The molecule has 0 aliphatic heterocycles. The maximum absolute atomic E-state index is 8.91. The summed E-state index contributed by atoms with van der Waals surface area (Å²) in [6, 6.07) is 13.7. The maximum atomic E-state index is 8.91. The molecule has 0 spiro atoms. The van der Waals surface area contributed by atoms with Gasteiger partial charge in [0.1, 0.15) is 23.7 Å². The lowest BCUT2D eigenvalue weighted by molar-refractivity contribution is 0.283. The number of hydrogen-bond acceptors (Lipinski definition) is 6. The van der Waals surface area contributed by atoms with Crippen LogP contribution in [0.15, 0.2) is 63.9 Å². The van der Waals surface area contributed by atoms with Gasteiger partial charge in [0.2, 0.25) is 5.71 Å². The Kier molecular flexibility index (Phi) is 5.16. The van der Waals surface area contributed by atoms with Crippen molar-refractivity contribution in [2.24, 2.45) is 0 Å². The average Bonchev–Trinajstić information content (AvgIpc) is 3.36. The van der Waals surface area contributed by atoms with E-state index in [2.05, 4.69) is 15.3 Å². The summed E-state index contributed by atoms with van der Waals surface area (Å²) in [6.07, 6.45) is 5.87. The van der Waals surface area contributed by atoms with Gasteiger partial charge in [-0.05, 0) is 31.4 Å². The fraction of sp³-hybridized carbons (Fsp3) is 0.238. The highest BCUT2D eigenvalue weighted by Crippen LogP contribution is 2.42. The van der Waals surface area contributed by atoms with Gasteiger partial charge < -0.3 is 19.3 Å². The van der Waals surface area contributed by atoms with Gasteiger partial charge in [-0.1, -0.05) is 30.3 Å². The quantitative estimate of drug-likeness (QED) is 0.441. The average molecular weight is 363 g/mol. The summed E-state index contributed by atoms with van der Waals surface area (Å²) in [5.41, 5.74) is 2.32. The highest BCUT2D eigenvalue weighted by Gasteiger charge is 2.23. The molecule has 27 heavy (non-hydrogen) atoms. The molecular formula is C21H21N3O3. The molecule has 6 nitrogen and oxygen atoms in total. The molecule has 4 rings (SSSR count). The van der Waals surface area contributed by atoms with Crippen LogP contribution in [0, 0.1) is 0 Å². The lowest BCUT2D eigenvalue weighted by Gasteiger charge is -2.07. The van der Waals surface area contributed by atoms with Crippen LogP contribution >= 0.6 is 0 Å². The molecule has 0 aliphatic rings. The molecule has 0 radical (unpaired) electrons. The Bertz CT molecular complexity index is 994. The van der Waals surface area contributed by atoms with Crippen LogP contribution in [0.1, 0.15) is 19.3 Å². The zero-order chi connectivity index (χ0) is 18.5. The van der Waals surface area contributed by atoms with E-state index in [1.807, 2.05) is 42.5 Å². The number of nitrogens with one attached hydrogen (secondary N) is 1. The van der Waals surface area contributed by atoms with E-state index in [1.54, 1.807) is 6.26 Å². The number of anilines is 1. The SMILES string of the molecule is OCCCCCNc1ncnc2oc(-c3ccccc3)c(-c3ccco3)c12. The number of aliphatic hydroxyl groups is 1. The van der Waals surface area contributed by atoms with Crippen molar-refractivity contribution < 1.29 is 13.9 Å². The van der Waals surface area contributed by atoms with E-state index in [4.69, 9.17) is 13.9 Å². The van der Waals surface area contributed by atoms with E-state index < -0.39 is 0 Å². The van der Waals surface area contributed by atoms with Crippen LogP contribution in [0.3, 0.4) is 0 Å². The number of hydrogen-bond donors (Lipinski definition) is 2. The van der Waals surface area contributed by atoms with E-state index in [9.17, 15) is 0 Å². The Balaban J connectivity index is 1.78. The van der Waals surface area contributed by atoms with Gasteiger partial charge in [0.15, 0.2) is 0 Å². The predicted molar refractivity (Wildman–Crippen MR) is 104 cm³/mol. The topological polar surface area (TPSA) is 84.3 Å². The highest BCUT2D eigenvalue weighted by molar-refractivity contribution is 6.04.